The topological polar surface area (TPSA) is 131 Å². The first-order chi connectivity index (χ1) is 15.7. The normalized spacial score (nSPS) is 14.4. The van der Waals surface area contributed by atoms with Crippen molar-refractivity contribution in [3.63, 3.8) is 0 Å². The van der Waals surface area contributed by atoms with Crippen LogP contribution in [0.2, 0.25) is 0 Å². The number of nitrogens with zero attached hydrogens (tertiary/aromatic N) is 4. The molecule has 2 heterocycles. The Morgan fingerprint density at radius 1 is 1.12 bits per heavy atom. The Balaban J connectivity index is 0.00000324. The number of nitrogens with two attached hydrogens (primary N) is 1. The molecule has 1 aliphatic heterocycles. The highest BCUT2D eigenvalue weighted by molar-refractivity contribution is 7.84. The van der Waals surface area contributed by atoms with E-state index in [0.29, 0.717) is 11.3 Å². The van der Waals surface area contributed by atoms with Gasteiger partial charge in [-0.3, -0.25) is 4.57 Å². The Morgan fingerprint density at radius 2 is 1.74 bits per heavy atom. The molecule has 1 aliphatic rings. The number of aromatic hydroxyl groups is 1. The lowest BCUT2D eigenvalue weighted by atomic mass is 10.0. The molecule has 1 saturated heterocycles. The number of hydrogen-bond acceptors (Lipinski definition) is 7. The zero-order valence-electron chi connectivity index (χ0n) is 18.4. The second-order valence-corrected chi connectivity index (χ2v) is 9.05. The van der Waals surface area contributed by atoms with Crippen LogP contribution in [0.5, 0.6) is 11.5 Å². The molecular formula is C22H26ClN5O5S. The number of piperidine rings is 1. The third kappa shape index (κ3) is 5.99. The van der Waals surface area contributed by atoms with Crippen LogP contribution in [0.3, 0.4) is 0 Å². The quantitative estimate of drug-likeness (QED) is 0.542. The second-order valence-electron chi connectivity index (χ2n) is 7.89. The van der Waals surface area contributed by atoms with E-state index >= 15 is 0 Å². The van der Waals surface area contributed by atoms with Crippen molar-refractivity contribution in [1.29, 1.82) is 0 Å². The fourth-order valence-corrected chi connectivity index (χ4v) is 4.28. The van der Waals surface area contributed by atoms with Crippen LogP contribution in [0.1, 0.15) is 12.8 Å². The number of carbonyl (C=O) groups excluding carboxylic acids is 1. The van der Waals surface area contributed by atoms with Gasteiger partial charge in [-0.1, -0.05) is 0 Å². The number of rotatable bonds is 5. The van der Waals surface area contributed by atoms with Gasteiger partial charge in [0.15, 0.2) is 0 Å². The smallest absolute Gasteiger partial charge is 0.380 e. The molecule has 182 valence electrons. The maximum absolute atomic E-state index is 13.0. The zero-order valence-corrected chi connectivity index (χ0v) is 20.1. The number of imidazole rings is 1. The largest absolute Gasteiger partial charge is 0.508 e. The predicted octanol–water partition coefficient (Wildman–Crippen LogP) is 2.83. The van der Waals surface area contributed by atoms with Crippen molar-refractivity contribution < 1.29 is 22.5 Å². The first-order valence-corrected chi connectivity index (χ1v) is 11.8. The molecule has 0 aliphatic carbocycles. The minimum Gasteiger partial charge on any atom is -0.508 e. The molecule has 10 nitrogen and oxygen atoms in total. The molecule has 0 atom stereocenters. The number of anilines is 1. The van der Waals surface area contributed by atoms with Crippen LogP contribution >= 0.6 is 12.4 Å². The number of phenols is 1. The minimum absolute atomic E-state index is 0. The molecule has 34 heavy (non-hydrogen) atoms. The lowest BCUT2D eigenvalue weighted by molar-refractivity contribution is 0.181. The van der Waals surface area contributed by atoms with Gasteiger partial charge in [0, 0.05) is 43.6 Å². The van der Waals surface area contributed by atoms with Crippen molar-refractivity contribution in [1.82, 2.24) is 14.5 Å². The van der Waals surface area contributed by atoms with Crippen molar-refractivity contribution in [3.8, 4) is 22.8 Å². The summed E-state index contributed by atoms with van der Waals surface area (Å²) in [5.41, 5.74) is 2.33. The molecule has 1 amide bonds. The van der Waals surface area contributed by atoms with Gasteiger partial charge in [0.25, 0.3) is 0 Å². The van der Waals surface area contributed by atoms with Gasteiger partial charge in [0.2, 0.25) is 0 Å². The summed E-state index contributed by atoms with van der Waals surface area (Å²) < 4.78 is 28.1. The molecule has 2 aromatic carbocycles. The van der Waals surface area contributed by atoms with E-state index in [-0.39, 0.29) is 36.0 Å². The molecular weight excluding hydrogens is 482 g/mol. The third-order valence-corrected chi connectivity index (χ3v) is 6.12. The van der Waals surface area contributed by atoms with E-state index in [9.17, 15) is 18.3 Å². The van der Waals surface area contributed by atoms with Gasteiger partial charge in [0.1, 0.15) is 17.8 Å². The minimum atomic E-state index is -4.09. The van der Waals surface area contributed by atoms with Gasteiger partial charge in [-0.05, 0) is 61.4 Å². The van der Waals surface area contributed by atoms with E-state index in [2.05, 4.69) is 14.1 Å². The van der Waals surface area contributed by atoms with E-state index in [1.165, 1.54) is 23.0 Å². The zero-order chi connectivity index (χ0) is 23.6. The Kier molecular flexibility index (Phi) is 7.70. The van der Waals surface area contributed by atoms with Crippen molar-refractivity contribution in [3.05, 3.63) is 61.1 Å². The van der Waals surface area contributed by atoms with Crippen LogP contribution in [0, 0.1) is 0 Å². The van der Waals surface area contributed by atoms with Crippen molar-refractivity contribution in [2.24, 2.45) is 5.14 Å². The third-order valence-electron chi connectivity index (χ3n) is 5.69. The van der Waals surface area contributed by atoms with Crippen LogP contribution in [0.15, 0.2) is 61.1 Å². The van der Waals surface area contributed by atoms with Crippen molar-refractivity contribution >= 4 is 34.4 Å². The number of amides is 1. The predicted molar refractivity (Wildman–Crippen MR) is 131 cm³/mol. The van der Waals surface area contributed by atoms with E-state index in [1.54, 1.807) is 42.4 Å². The molecule has 0 bridgehead atoms. The molecule has 0 spiro atoms. The van der Waals surface area contributed by atoms with Crippen LogP contribution < -0.4 is 14.2 Å². The number of phenolic OH excluding ortho intramolecular Hbond substituents is 1. The highest BCUT2D eigenvalue weighted by atomic mass is 35.5. The van der Waals surface area contributed by atoms with Crippen LogP contribution in [-0.2, 0) is 10.3 Å². The van der Waals surface area contributed by atoms with Gasteiger partial charge in [-0.15, -0.1) is 12.4 Å². The van der Waals surface area contributed by atoms with Gasteiger partial charge in [0.05, 0.1) is 5.69 Å². The summed E-state index contributed by atoms with van der Waals surface area (Å²) in [6.45, 7) is 1.63. The summed E-state index contributed by atoms with van der Waals surface area (Å²) in [6.07, 6.45) is 4.76. The average Bonchev–Trinajstić information content (AvgIpc) is 3.28. The van der Waals surface area contributed by atoms with Gasteiger partial charge < -0.3 is 19.1 Å². The van der Waals surface area contributed by atoms with E-state index in [1.807, 2.05) is 12.1 Å². The first kappa shape index (κ1) is 25.3. The van der Waals surface area contributed by atoms with E-state index in [0.717, 1.165) is 31.6 Å². The molecule has 3 aromatic rings. The summed E-state index contributed by atoms with van der Waals surface area (Å²) >= 11 is 0. The lowest BCUT2D eigenvalue weighted by Crippen LogP contribution is -2.46. The molecule has 12 heteroatoms. The second kappa shape index (κ2) is 10.3. The summed E-state index contributed by atoms with van der Waals surface area (Å²) in [5.74, 6) is 0.335. The summed E-state index contributed by atoms with van der Waals surface area (Å²) in [5, 5.41) is 14.3. The molecule has 0 unspecified atom stereocenters. The monoisotopic (exact) mass is 507 g/mol. The maximum Gasteiger partial charge on any atom is 0.380 e. The molecule has 1 aromatic heterocycles. The fourth-order valence-electron chi connectivity index (χ4n) is 3.90. The lowest BCUT2D eigenvalue weighted by Gasteiger charge is -2.37. The first-order valence-electron chi connectivity index (χ1n) is 10.4. The maximum atomic E-state index is 13.0. The van der Waals surface area contributed by atoms with Gasteiger partial charge in [-0.25, -0.2) is 9.78 Å². The Morgan fingerprint density at radius 3 is 2.32 bits per heavy atom. The van der Waals surface area contributed by atoms with E-state index < -0.39 is 10.3 Å². The van der Waals surface area contributed by atoms with Crippen LogP contribution in [0.25, 0.3) is 11.3 Å². The number of benzene rings is 2. The SMILES string of the molecule is CN(C(=O)n1cnc(-c2ccc(OS(N)(=O)=O)cc2)c1)C1CCN(c2ccc(O)cc2)CC1.Cl. The van der Waals surface area contributed by atoms with Crippen LogP contribution in [0.4, 0.5) is 10.5 Å². The molecule has 4 rings (SSSR count). The Hall–Kier alpha value is -3.28. The molecule has 0 radical (unpaired) electrons. The molecule has 1 fully saturated rings. The number of aromatic nitrogens is 2. The van der Waals surface area contributed by atoms with Crippen LogP contribution in [-0.4, -0.2) is 60.2 Å². The molecule has 0 saturated carbocycles. The van der Waals surface area contributed by atoms with Gasteiger partial charge >= 0.3 is 16.3 Å². The summed E-state index contributed by atoms with van der Waals surface area (Å²) in [4.78, 5) is 21.3. The number of hydrogen-bond donors (Lipinski definition) is 2. The van der Waals surface area contributed by atoms with Gasteiger partial charge in [-0.2, -0.15) is 13.6 Å². The summed E-state index contributed by atoms with van der Waals surface area (Å²) in [6, 6.07) is 13.3. The standard InChI is InChI=1S/C22H25N5O5S.ClH/c1-25(17-10-12-26(13-11-17)18-4-6-19(28)7-5-18)22(29)27-14-21(24-15-27)16-2-8-20(9-3-16)32-33(23,30)31;/h2-9,14-15,17,28H,10-13H2,1H3,(H2,23,30,31);1H. The number of carbonyl (C=O) groups is 1. The fraction of sp³-hybridized carbons (Fsp3) is 0.273. The Bertz CT molecular complexity index is 1220. The van der Waals surface area contributed by atoms with Crippen molar-refractivity contribution in [2.45, 2.75) is 18.9 Å². The van der Waals surface area contributed by atoms with Crippen molar-refractivity contribution in [2.75, 3.05) is 25.0 Å². The Labute approximate surface area is 204 Å². The number of halogens is 1. The summed E-state index contributed by atoms with van der Waals surface area (Å²) in [7, 11) is -2.29. The average molecular weight is 508 g/mol. The highest BCUT2D eigenvalue weighted by Crippen LogP contribution is 2.25. The molecule has 3 N–H and O–H groups in total. The highest BCUT2D eigenvalue weighted by Gasteiger charge is 2.26. The van der Waals surface area contributed by atoms with E-state index in [4.69, 9.17) is 5.14 Å².